The Hall–Kier alpha value is -2.38. The van der Waals surface area contributed by atoms with E-state index in [-0.39, 0.29) is 6.61 Å². The molecule has 0 radical (unpaired) electrons. The highest BCUT2D eigenvalue weighted by molar-refractivity contribution is 5.93. The summed E-state index contributed by atoms with van der Waals surface area (Å²) in [4.78, 5) is 44.5. The lowest BCUT2D eigenvalue weighted by Gasteiger charge is -2.13. The van der Waals surface area contributed by atoms with Gasteiger partial charge in [-0.1, -0.05) is 0 Å². The molecule has 1 atom stereocenters. The van der Waals surface area contributed by atoms with E-state index in [4.69, 9.17) is 9.47 Å². The minimum atomic E-state index is -0.902. The fourth-order valence-corrected chi connectivity index (χ4v) is 1.04. The molecule has 0 aromatic carbocycles. The molecule has 0 bridgehead atoms. The maximum absolute atomic E-state index is 11.2. The molecule has 1 unspecified atom stereocenters. The summed E-state index contributed by atoms with van der Waals surface area (Å²) in [5.41, 5.74) is 0. The molecule has 0 saturated carbocycles. The van der Waals surface area contributed by atoms with E-state index in [9.17, 15) is 19.2 Å². The zero-order valence-corrected chi connectivity index (χ0v) is 10.1. The third-order valence-electron chi connectivity index (χ3n) is 1.83. The Morgan fingerprint density at radius 1 is 0.895 bits per heavy atom. The molecule has 1 aliphatic heterocycles. The van der Waals surface area contributed by atoms with Gasteiger partial charge < -0.3 is 18.9 Å². The molecule has 0 amide bonds. The predicted molar refractivity (Wildman–Crippen MR) is 57.6 cm³/mol. The number of hydrogen-bond acceptors (Lipinski definition) is 8. The van der Waals surface area contributed by atoms with E-state index in [1.54, 1.807) is 0 Å². The topological polar surface area (TPSA) is 105 Å². The number of cyclic esters (lactones) is 4. The van der Waals surface area contributed by atoms with Crippen molar-refractivity contribution in [3.63, 3.8) is 0 Å². The SMILES string of the molecule is CC1COC(=O)COC(=O)/C=C/C(=O)OCC(=O)O1. The fraction of sp³-hybridized carbons (Fsp3) is 0.455. The van der Waals surface area contributed by atoms with Crippen molar-refractivity contribution in [2.45, 2.75) is 13.0 Å². The van der Waals surface area contributed by atoms with Crippen LogP contribution in [0.15, 0.2) is 12.2 Å². The highest BCUT2D eigenvalue weighted by atomic mass is 16.6. The smallest absolute Gasteiger partial charge is 0.344 e. The molecule has 8 heteroatoms. The first-order chi connectivity index (χ1) is 8.97. The molecule has 0 aromatic heterocycles. The summed E-state index contributed by atoms with van der Waals surface area (Å²) in [5, 5.41) is 0. The van der Waals surface area contributed by atoms with Gasteiger partial charge in [-0.25, -0.2) is 19.2 Å². The Kier molecular flexibility index (Phi) is 5.52. The summed E-state index contributed by atoms with van der Waals surface area (Å²) in [6, 6.07) is 0. The van der Waals surface area contributed by atoms with Crippen molar-refractivity contribution < 1.29 is 38.1 Å². The highest BCUT2D eigenvalue weighted by Crippen LogP contribution is 1.97. The van der Waals surface area contributed by atoms with Crippen molar-refractivity contribution in [2.75, 3.05) is 19.8 Å². The van der Waals surface area contributed by atoms with Crippen LogP contribution in [-0.4, -0.2) is 49.8 Å². The van der Waals surface area contributed by atoms with E-state index in [2.05, 4.69) is 9.47 Å². The summed E-state index contributed by atoms with van der Waals surface area (Å²) in [5.74, 6) is -3.38. The zero-order chi connectivity index (χ0) is 14.3. The Morgan fingerprint density at radius 2 is 1.42 bits per heavy atom. The molecule has 19 heavy (non-hydrogen) atoms. The molecular formula is C11H12O8. The Labute approximate surface area is 108 Å². The lowest BCUT2D eigenvalue weighted by molar-refractivity contribution is -0.167. The lowest BCUT2D eigenvalue weighted by Crippen LogP contribution is -2.27. The normalized spacial score (nSPS) is 24.4. The second-order valence-corrected chi connectivity index (χ2v) is 3.53. The molecule has 1 heterocycles. The predicted octanol–water partition coefficient (Wildman–Crippen LogP) is -0.882. The minimum Gasteiger partial charge on any atom is -0.459 e. The largest absolute Gasteiger partial charge is 0.459 e. The lowest BCUT2D eigenvalue weighted by atomic mass is 10.4. The highest BCUT2D eigenvalue weighted by Gasteiger charge is 2.15. The summed E-state index contributed by atoms with van der Waals surface area (Å²) < 4.78 is 18.5. The molecule has 0 aliphatic carbocycles. The monoisotopic (exact) mass is 272 g/mol. The van der Waals surface area contributed by atoms with Gasteiger partial charge in [0.15, 0.2) is 13.2 Å². The number of carbonyl (C=O) groups excluding carboxylic acids is 4. The third-order valence-corrected chi connectivity index (χ3v) is 1.83. The van der Waals surface area contributed by atoms with E-state index in [0.29, 0.717) is 0 Å². The Morgan fingerprint density at radius 3 is 2.00 bits per heavy atom. The van der Waals surface area contributed by atoms with Crippen molar-refractivity contribution >= 4 is 23.9 Å². The van der Waals surface area contributed by atoms with Crippen LogP contribution in [0.3, 0.4) is 0 Å². The molecule has 0 fully saturated rings. The van der Waals surface area contributed by atoms with Gasteiger partial charge in [-0.15, -0.1) is 0 Å². The van der Waals surface area contributed by atoms with E-state index in [1.165, 1.54) is 6.92 Å². The quantitative estimate of drug-likeness (QED) is 0.413. The average molecular weight is 272 g/mol. The zero-order valence-electron chi connectivity index (χ0n) is 10.1. The van der Waals surface area contributed by atoms with Crippen molar-refractivity contribution in [1.29, 1.82) is 0 Å². The van der Waals surface area contributed by atoms with E-state index >= 15 is 0 Å². The number of carbonyl (C=O) groups is 4. The van der Waals surface area contributed by atoms with Gasteiger partial charge in [-0.2, -0.15) is 0 Å². The first kappa shape index (κ1) is 14.7. The molecule has 1 aliphatic rings. The van der Waals surface area contributed by atoms with Crippen LogP contribution in [0.2, 0.25) is 0 Å². The summed E-state index contributed by atoms with van der Waals surface area (Å²) in [6.07, 6.45) is 0.843. The molecular weight excluding hydrogens is 260 g/mol. The van der Waals surface area contributed by atoms with Crippen LogP contribution in [0.5, 0.6) is 0 Å². The number of hydrogen-bond donors (Lipinski definition) is 0. The van der Waals surface area contributed by atoms with Gasteiger partial charge in [0.05, 0.1) is 0 Å². The van der Waals surface area contributed by atoms with Gasteiger partial charge in [0, 0.05) is 12.2 Å². The molecule has 0 N–H and O–H groups in total. The number of esters is 4. The van der Waals surface area contributed by atoms with Crippen molar-refractivity contribution in [3.8, 4) is 0 Å². The first-order valence-electron chi connectivity index (χ1n) is 5.34. The third kappa shape index (κ3) is 6.20. The van der Waals surface area contributed by atoms with Gasteiger partial charge in [0.2, 0.25) is 0 Å². The summed E-state index contributed by atoms with van der Waals surface area (Å²) in [7, 11) is 0. The fourth-order valence-electron chi connectivity index (χ4n) is 1.04. The van der Waals surface area contributed by atoms with Gasteiger partial charge >= 0.3 is 23.9 Å². The van der Waals surface area contributed by atoms with E-state index in [0.717, 1.165) is 12.2 Å². The van der Waals surface area contributed by atoms with Crippen LogP contribution in [-0.2, 0) is 38.1 Å². The minimum absolute atomic E-state index is 0.189. The maximum Gasteiger partial charge on any atom is 0.344 e. The number of ether oxygens (including phenoxy) is 4. The van der Waals surface area contributed by atoms with Crippen molar-refractivity contribution in [2.24, 2.45) is 0 Å². The average Bonchev–Trinajstić information content (AvgIpc) is 2.37. The Bertz CT molecular complexity index is 411. The second-order valence-electron chi connectivity index (χ2n) is 3.53. The van der Waals surface area contributed by atoms with Crippen LogP contribution < -0.4 is 0 Å². The molecule has 1 rings (SSSR count). The van der Waals surface area contributed by atoms with E-state index in [1.807, 2.05) is 0 Å². The molecule has 0 aromatic rings. The summed E-state index contributed by atoms with van der Waals surface area (Å²) >= 11 is 0. The maximum atomic E-state index is 11.2. The standard InChI is InChI=1S/C11H12O8/c1-7-4-16-10(14)5-17-8(12)2-3-9(13)18-6-11(15)19-7/h2-3,7H,4-6H2,1H3/b3-2+. The first-order valence-corrected chi connectivity index (χ1v) is 5.34. The summed E-state index contributed by atoms with van der Waals surface area (Å²) in [6.45, 7) is 0.103. The van der Waals surface area contributed by atoms with Crippen LogP contribution >= 0.6 is 0 Å². The van der Waals surface area contributed by atoms with Crippen LogP contribution in [0.25, 0.3) is 0 Å². The Balaban J connectivity index is 2.66. The van der Waals surface area contributed by atoms with Crippen LogP contribution in [0, 0.1) is 0 Å². The second kappa shape index (κ2) is 7.14. The number of rotatable bonds is 0. The van der Waals surface area contributed by atoms with Gasteiger partial charge in [0.1, 0.15) is 12.7 Å². The van der Waals surface area contributed by atoms with Crippen LogP contribution in [0.1, 0.15) is 6.92 Å². The molecule has 8 nitrogen and oxygen atoms in total. The van der Waals surface area contributed by atoms with Crippen LogP contribution in [0.4, 0.5) is 0 Å². The molecule has 0 spiro atoms. The molecule has 0 saturated heterocycles. The van der Waals surface area contributed by atoms with E-state index < -0.39 is 43.2 Å². The van der Waals surface area contributed by atoms with Gasteiger partial charge in [-0.3, -0.25) is 0 Å². The molecule has 104 valence electrons. The van der Waals surface area contributed by atoms with Crippen molar-refractivity contribution in [3.05, 3.63) is 12.2 Å². The van der Waals surface area contributed by atoms with Crippen molar-refractivity contribution in [1.82, 2.24) is 0 Å². The van der Waals surface area contributed by atoms with Gasteiger partial charge in [0.25, 0.3) is 0 Å². The van der Waals surface area contributed by atoms with Gasteiger partial charge in [-0.05, 0) is 6.92 Å².